The lowest BCUT2D eigenvalue weighted by Crippen LogP contribution is -2.52. The lowest BCUT2D eigenvalue weighted by atomic mass is 9.68. The van der Waals surface area contributed by atoms with E-state index in [-0.39, 0.29) is 17.1 Å². The van der Waals surface area contributed by atoms with Gasteiger partial charge in [-0.25, -0.2) is 4.39 Å². The van der Waals surface area contributed by atoms with Crippen molar-refractivity contribution in [2.45, 2.75) is 49.7 Å². The number of piperazine rings is 1. The Kier molecular flexibility index (Phi) is 5.00. The first-order valence-electron chi connectivity index (χ1n) is 11.1. The predicted octanol–water partition coefficient (Wildman–Crippen LogP) is 4.14. The van der Waals surface area contributed by atoms with E-state index in [4.69, 9.17) is 5.26 Å². The number of anilines is 1. The van der Waals surface area contributed by atoms with E-state index in [9.17, 15) is 9.50 Å². The molecule has 0 radical (unpaired) electrons. The Morgan fingerprint density at radius 2 is 1.77 bits per heavy atom. The number of hydrogen-bond donors (Lipinski definition) is 1. The molecule has 2 aromatic rings. The Labute approximate surface area is 177 Å². The standard InChI is InChI=1S/C25H28FN3O/c26-23-15-20(6-5-18(23)17-27)29-13-11-28(12-14-29)19-7-9-25(10-8-19)16-24(30)21-3-1-2-4-22(21)25/h1-6,15,19,24,30H,7-14,16H2. The molecule has 1 aliphatic heterocycles. The Hall–Kier alpha value is -2.42. The van der Waals surface area contributed by atoms with E-state index in [1.807, 2.05) is 18.2 Å². The topological polar surface area (TPSA) is 50.5 Å². The van der Waals surface area contributed by atoms with Gasteiger partial charge in [0.15, 0.2) is 0 Å². The largest absolute Gasteiger partial charge is 0.388 e. The van der Waals surface area contributed by atoms with Gasteiger partial charge >= 0.3 is 0 Å². The molecule has 0 bridgehead atoms. The van der Waals surface area contributed by atoms with E-state index in [2.05, 4.69) is 28.0 Å². The van der Waals surface area contributed by atoms with Crippen LogP contribution in [-0.4, -0.2) is 42.2 Å². The summed E-state index contributed by atoms with van der Waals surface area (Å²) in [6.45, 7) is 3.74. The molecule has 2 fully saturated rings. The molecule has 2 aliphatic carbocycles. The Morgan fingerprint density at radius 1 is 1.03 bits per heavy atom. The van der Waals surface area contributed by atoms with Crippen LogP contribution in [-0.2, 0) is 5.41 Å². The van der Waals surface area contributed by atoms with Crippen molar-refractivity contribution < 1.29 is 9.50 Å². The first kappa shape index (κ1) is 19.5. The van der Waals surface area contributed by atoms with E-state index in [0.717, 1.165) is 56.7 Å². The van der Waals surface area contributed by atoms with E-state index in [1.165, 1.54) is 24.5 Å². The van der Waals surface area contributed by atoms with Gasteiger partial charge in [0.25, 0.3) is 0 Å². The molecule has 0 aromatic heterocycles. The molecule has 1 N–H and O–H groups in total. The molecule has 1 heterocycles. The summed E-state index contributed by atoms with van der Waals surface area (Å²) in [7, 11) is 0. The van der Waals surface area contributed by atoms with Gasteiger partial charge in [-0.05, 0) is 66.8 Å². The average Bonchev–Trinajstić information content (AvgIpc) is 3.06. The molecule has 0 amide bonds. The zero-order valence-corrected chi connectivity index (χ0v) is 17.2. The number of hydrogen-bond acceptors (Lipinski definition) is 4. The highest BCUT2D eigenvalue weighted by Crippen LogP contribution is 2.53. The summed E-state index contributed by atoms with van der Waals surface area (Å²) in [5, 5.41) is 19.5. The second kappa shape index (κ2) is 7.68. The van der Waals surface area contributed by atoms with Crippen LogP contribution in [0.15, 0.2) is 42.5 Å². The van der Waals surface area contributed by atoms with E-state index >= 15 is 0 Å². The monoisotopic (exact) mass is 405 g/mol. The second-order valence-electron chi connectivity index (χ2n) is 9.12. The van der Waals surface area contributed by atoms with Crippen molar-refractivity contribution in [3.8, 4) is 6.07 Å². The van der Waals surface area contributed by atoms with Crippen LogP contribution in [0.4, 0.5) is 10.1 Å². The van der Waals surface area contributed by atoms with Crippen molar-refractivity contribution in [1.82, 2.24) is 4.90 Å². The Bertz CT molecular complexity index is 969. The van der Waals surface area contributed by atoms with E-state index in [1.54, 1.807) is 6.07 Å². The molecular weight excluding hydrogens is 377 g/mol. The van der Waals surface area contributed by atoms with Gasteiger partial charge in [-0.15, -0.1) is 0 Å². The predicted molar refractivity (Wildman–Crippen MR) is 115 cm³/mol. The fraction of sp³-hybridized carbons (Fsp3) is 0.480. The quantitative estimate of drug-likeness (QED) is 0.816. The summed E-state index contributed by atoms with van der Waals surface area (Å²) in [6, 6.07) is 15.9. The number of aliphatic hydroxyl groups excluding tert-OH is 1. The minimum atomic E-state index is -0.436. The highest BCUT2D eigenvalue weighted by atomic mass is 19.1. The van der Waals surface area contributed by atoms with Gasteiger partial charge in [0.05, 0.1) is 11.7 Å². The van der Waals surface area contributed by atoms with Crippen molar-refractivity contribution in [2.75, 3.05) is 31.1 Å². The third kappa shape index (κ3) is 3.29. The number of halogens is 1. The van der Waals surface area contributed by atoms with Crippen LogP contribution >= 0.6 is 0 Å². The average molecular weight is 406 g/mol. The van der Waals surface area contributed by atoms with Gasteiger partial charge in [0.1, 0.15) is 11.9 Å². The summed E-state index contributed by atoms with van der Waals surface area (Å²) < 4.78 is 14.0. The number of nitriles is 1. The minimum absolute atomic E-state index is 0.104. The van der Waals surface area contributed by atoms with E-state index in [0.29, 0.717) is 6.04 Å². The lowest BCUT2D eigenvalue weighted by molar-refractivity contribution is 0.0935. The zero-order chi connectivity index (χ0) is 20.7. The second-order valence-corrected chi connectivity index (χ2v) is 9.12. The van der Waals surface area contributed by atoms with Gasteiger partial charge in [-0.2, -0.15) is 5.26 Å². The first-order valence-corrected chi connectivity index (χ1v) is 11.1. The van der Waals surface area contributed by atoms with Crippen LogP contribution in [0.3, 0.4) is 0 Å². The SMILES string of the molecule is N#Cc1ccc(N2CCN(C3CCC4(CC3)CC(O)c3ccccc34)CC2)cc1F. The molecule has 30 heavy (non-hydrogen) atoms. The van der Waals surface area contributed by atoms with Crippen molar-refractivity contribution >= 4 is 5.69 Å². The summed E-state index contributed by atoms with van der Waals surface area (Å²) >= 11 is 0. The van der Waals surface area contributed by atoms with Crippen LogP contribution < -0.4 is 4.90 Å². The highest BCUT2D eigenvalue weighted by Gasteiger charge is 2.45. The highest BCUT2D eigenvalue weighted by molar-refractivity contribution is 5.51. The Balaban J connectivity index is 1.20. The molecule has 5 rings (SSSR count). The molecular formula is C25H28FN3O. The molecule has 3 aliphatic rings. The third-order valence-corrected chi connectivity index (χ3v) is 7.66. The van der Waals surface area contributed by atoms with Crippen molar-refractivity contribution in [3.05, 3.63) is 65.0 Å². The first-order chi connectivity index (χ1) is 14.6. The van der Waals surface area contributed by atoms with Crippen molar-refractivity contribution in [1.29, 1.82) is 5.26 Å². The maximum Gasteiger partial charge on any atom is 0.143 e. The van der Waals surface area contributed by atoms with Gasteiger partial charge < -0.3 is 10.0 Å². The number of benzene rings is 2. The summed E-state index contributed by atoms with van der Waals surface area (Å²) in [4.78, 5) is 4.81. The number of aliphatic hydroxyl groups is 1. The Morgan fingerprint density at radius 3 is 2.47 bits per heavy atom. The van der Waals surface area contributed by atoms with Crippen LogP contribution in [0, 0.1) is 17.1 Å². The number of rotatable bonds is 2. The normalized spacial score (nSPS) is 29.0. The van der Waals surface area contributed by atoms with Crippen LogP contribution in [0.25, 0.3) is 0 Å². The van der Waals surface area contributed by atoms with Gasteiger partial charge in [-0.1, -0.05) is 24.3 Å². The van der Waals surface area contributed by atoms with Gasteiger partial charge in [0.2, 0.25) is 0 Å². The molecule has 1 atom stereocenters. The van der Waals surface area contributed by atoms with Gasteiger partial charge in [-0.3, -0.25) is 4.90 Å². The molecule has 1 spiro atoms. The van der Waals surface area contributed by atoms with Crippen LogP contribution in [0.5, 0.6) is 0 Å². The summed E-state index contributed by atoms with van der Waals surface area (Å²) in [5.41, 5.74) is 3.65. The smallest absolute Gasteiger partial charge is 0.143 e. The third-order valence-electron chi connectivity index (χ3n) is 7.66. The zero-order valence-electron chi connectivity index (χ0n) is 17.2. The molecule has 1 saturated heterocycles. The van der Waals surface area contributed by atoms with Gasteiger partial charge in [0, 0.05) is 37.9 Å². The van der Waals surface area contributed by atoms with Crippen LogP contribution in [0.2, 0.25) is 0 Å². The fourth-order valence-corrected chi connectivity index (χ4v) is 5.99. The summed E-state index contributed by atoms with van der Waals surface area (Å²) in [5.74, 6) is -0.436. The summed E-state index contributed by atoms with van der Waals surface area (Å²) in [6.07, 6.45) is 5.20. The van der Waals surface area contributed by atoms with Crippen molar-refractivity contribution in [2.24, 2.45) is 0 Å². The molecule has 1 saturated carbocycles. The van der Waals surface area contributed by atoms with Crippen LogP contribution in [0.1, 0.15) is 54.9 Å². The number of nitrogens with zero attached hydrogens (tertiary/aromatic N) is 3. The maximum absolute atomic E-state index is 14.0. The van der Waals surface area contributed by atoms with E-state index < -0.39 is 5.82 Å². The molecule has 4 nitrogen and oxygen atoms in total. The molecule has 5 heteroatoms. The number of fused-ring (bicyclic) bond motifs is 2. The molecule has 2 aromatic carbocycles. The lowest BCUT2D eigenvalue weighted by Gasteiger charge is -2.45. The minimum Gasteiger partial charge on any atom is -0.388 e. The fourth-order valence-electron chi connectivity index (χ4n) is 5.99. The van der Waals surface area contributed by atoms with Crippen molar-refractivity contribution in [3.63, 3.8) is 0 Å². The molecule has 1 unspecified atom stereocenters. The maximum atomic E-state index is 14.0. The molecule has 156 valence electrons.